The Morgan fingerprint density at radius 2 is 2.00 bits per heavy atom. The quantitative estimate of drug-likeness (QED) is 0.520. The van der Waals surface area contributed by atoms with Crippen LogP contribution in [0, 0.1) is 6.92 Å². The van der Waals surface area contributed by atoms with E-state index < -0.39 is 0 Å². The molecule has 4 heteroatoms. The Hall–Kier alpha value is -2.26. The summed E-state index contributed by atoms with van der Waals surface area (Å²) in [7, 11) is 0. The largest absolute Gasteiger partial charge is 0.439 e. The van der Waals surface area contributed by atoms with E-state index in [9.17, 15) is 4.79 Å². The Labute approximate surface area is 118 Å². The molecule has 0 saturated carbocycles. The monoisotopic (exact) mass is 283 g/mol. The fourth-order valence-electron chi connectivity index (χ4n) is 2.65. The van der Waals surface area contributed by atoms with Gasteiger partial charge in [0, 0.05) is 10.4 Å². The van der Waals surface area contributed by atoms with E-state index in [0.29, 0.717) is 27.1 Å². The third-order valence-corrected chi connectivity index (χ3v) is 3.85. The van der Waals surface area contributed by atoms with E-state index in [4.69, 9.17) is 16.0 Å². The predicted octanol–water partition coefficient (Wildman–Crippen LogP) is 4.39. The summed E-state index contributed by atoms with van der Waals surface area (Å²) in [5, 5.41) is 2.64. The van der Waals surface area contributed by atoms with E-state index in [0.717, 1.165) is 16.5 Å². The zero-order valence-corrected chi connectivity index (χ0v) is 11.4. The van der Waals surface area contributed by atoms with Crippen LogP contribution in [0.3, 0.4) is 0 Å². The van der Waals surface area contributed by atoms with Gasteiger partial charge in [-0.05, 0) is 30.7 Å². The Morgan fingerprint density at radius 3 is 2.85 bits per heavy atom. The first-order chi connectivity index (χ1) is 9.65. The van der Waals surface area contributed by atoms with Crippen molar-refractivity contribution in [1.82, 2.24) is 4.98 Å². The van der Waals surface area contributed by atoms with Crippen molar-refractivity contribution in [3.8, 4) is 0 Å². The molecule has 0 fully saturated rings. The van der Waals surface area contributed by atoms with Crippen LogP contribution in [0.15, 0.2) is 45.6 Å². The molecule has 0 bridgehead atoms. The second kappa shape index (κ2) is 3.87. The molecule has 98 valence electrons. The summed E-state index contributed by atoms with van der Waals surface area (Å²) in [6, 6.07) is 11.0. The average Bonchev–Trinajstić information content (AvgIpc) is 2.77. The highest BCUT2D eigenvalue weighted by atomic mass is 35.5. The van der Waals surface area contributed by atoms with Crippen molar-refractivity contribution in [2.24, 2.45) is 0 Å². The van der Waals surface area contributed by atoms with E-state index in [1.54, 1.807) is 18.2 Å². The Bertz CT molecular complexity index is 1040. The Morgan fingerprint density at radius 1 is 1.15 bits per heavy atom. The molecule has 20 heavy (non-hydrogen) atoms. The summed E-state index contributed by atoms with van der Waals surface area (Å²) in [4.78, 5) is 15.8. The van der Waals surface area contributed by atoms with E-state index in [1.807, 2.05) is 25.1 Å². The molecule has 0 aliphatic carbocycles. The standard InChI is InChI=1S/C16H10ClNO2/c1-8-3-2-4-11-14(19)13-10-6-5-9(17)7-12(10)18-16(13)20-15(8)11/h2-7,18H,1H3. The molecule has 0 unspecified atom stereocenters. The van der Waals surface area contributed by atoms with Crippen LogP contribution in [0.25, 0.3) is 33.0 Å². The van der Waals surface area contributed by atoms with Crippen LogP contribution in [0.2, 0.25) is 5.02 Å². The first kappa shape index (κ1) is 11.6. The molecular weight excluding hydrogens is 274 g/mol. The molecule has 2 aromatic carbocycles. The van der Waals surface area contributed by atoms with Crippen molar-refractivity contribution < 1.29 is 4.42 Å². The SMILES string of the molecule is Cc1cccc2c(=O)c3c([nH]c4cc(Cl)ccc43)oc12. The van der Waals surface area contributed by atoms with Gasteiger partial charge in [-0.15, -0.1) is 0 Å². The number of hydrogen-bond donors (Lipinski definition) is 1. The van der Waals surface area contributed by atoms with Crippen molar-refractivity contribution in [2.45, 2.75) is 6.92 Å². The highest BCUT2D eigenvalue weighted by Crippen LogP contribution is 2.28. The van der Waals surface area contributed by atoms with E-state index in [2.05, 4.69) is 4.98 Å². The number of para-hydroxylation sites is 1. The molecule has 0 aliphatic rings. The second-order valence-electron chi connectivity index (χ2n) is 4.90. The van der Waals surface area contributed by atoms with E-state index in [-0.39, 0.29) is 5.43 Å². The van der Waals surface area contributed by atoms with E-state index >= 15 is 0 Å². The third-order valence-electron chi connectivity index (χ3n) is 3.61. The number of H-pyrrole nitrogens is 1. The topological polar surface area (TPSA) is 46.0 Å². The number of nitrogens with one attached hydrogen (secondary N) is 1. The Balaban J connectivity index is 2.33. The molecule has 2 aromatic heterocycles. The molecule has 4 aromatic rings. The van der Waals surface area contributed by atoms with Gasteiger partial charge in [0.25, 0.3) is 0 Å². The maximum Gasteiger partial charge on any atom is 0.209 e. The van der Waals surface area contributed by atoms with Crippen molar-refractivity contribution in [3.05, 3.63) is 57.2 Å². The zero-order chi connectivity index (χ0) is 13.9. The van der Waals surface area contributed by atoms with Crippen LogP contribution in [-0.4, -0.2) is 4.98 Å². The van der Waals surface area contributed by atoms with Crippen LogP contribution in [0.4, 0.5) is 0 Å². The number of rotatable bonds is 0. The predicted molar refractivity (Wildman–Crippen MR) is 81.6 cm³/mol. The number of benzene rings is 2. The van der Waals surface area contributed by atoms with Crippen LogP contribution >= 0.6 is 11.6 Å². The summed E-state index contributed by atoms with van der Waals surface area (Å²) < 4.78 is 5.88. The van der Waals surface area contributed by atoms with Gasteiger partial charge in [0.1, 0.15) is 5.58 Å². The number of aryl methyl sites for hydroxylation is 1. The van der Waals surface area contributed by atoms with E-state index in [1.165, 1.54) is 0 Å². The molecule has 0 radical (unpaired) electrons. The lowest BCUT2D eigenvalue weighted by Crippen LogP contribution is -2.01. The van der Waals surface area contributed by atoms with Crippen LogP contribution < -0.4 is 5.43 Å². The molecule has 0 atom stereocenters. The summed E-state index contributed by atoms with van der Waals surface area (Å²) in [6.45, 7) is 1.93. The van der Waals surface area contributed by atoms with Gasteiger partial charge < -0.3 is 9.40 Å². The highest BCUT2D eigenvalue weighted by Gasteiger charge is 2.14. The molecular formula is C16H10ClNO2. The summed E-state index contributed by atoms with van der Waals surface area (Å²) >= 11 is 5.99. The van der Waals surface area contributed by atoms with Gasteiger partial charge in [-0.25, -0.2) is 0 Å². The highest BCUT2D eigenvalue weighted by molar-refractivity contribution is 6.31. The maximum absolute atomic E-state index is 12.7. The number of aromatic amines is 1. The fourth-order valence-corrected chi connectivity index (χ4v) is 2.82. The average molecular weight is 284 g/mol. The minimum atomic E-state index is -0.0153. The lowest BCUT2D eigenvalue weighted by atomic mass is 10.1. The molecule has 0 amide bonds. The normalized spacial score (nSPS) is 11.7. The lowest BCUT2D eigenvalue weighted by molar-refractivity contribution is 0.645. The minimum absolute atomic E-state index is 0.0153. The number of fused-ring (bicyclic) bond motifs is 4. The molecule has 4 rings (SSSR count). The molecule has 0 saturated heterocycles. The maximum atomic E-state index is 12.7. The zero-order valence-electron chi connectivity index (χ0n) is 10.7. The van der Waals surface area contributed by atoms with Gasteiger partial charge >= 0.3 is 0 Å². The minimum Gasteiger partial charge on any atom is -0.439 e. The summed E-state index contributed by atoms with van der Waals surface area (Å²) in [5.41, 5.74) is 2.86. The smallest absolute Gasteiger partial charge is 0.209 e. The van der Waals surface area contributed by atoms with Crippen LogP contribution in [0.5, 0.6) is 0 Å². The Kier molecular flexibility index (Phi) is 2.24. The summed E-state index contributed by atoms with van der Waals surface area (Å²) in [5.74, 6) is 0. The van der Waals surface area contributed by atoms with Crippen molar-refractivity contribution in [2.75, 3.05) is 0 Å². The van der Waals surface area contributed by atoms with Gasteiger partial charge in [0.2, 0.25) is 11.1 Å². The third kappa shape index (κ3) is 1.44. The van der Waals surface area contributed by atoms with Gasteiger partial charge in [-0.3, -0.25) is 4.79 Å². The van der Waals surface area contributed by atoms with Gasteiger partial charge in [0.15, 0.2) is 0 Å². The first-order valence-corrected chi connectivity index (χ1v) is 6.66. The van der Waals surface area contributed by atoms with Gasteiger partial charge in [-0.2, -0.15) is 0 Å². The molecule has 0 spiro atoms. The molecule has 2 heterocycles. The van der Waals surface area contributed by atoms with Crippen molar-refractivity contribution in [3.63, 3.8) is 0 Å². The number of hydrogen-bond acceptors (Lipinski definition) is 2. The number of aromatic nitrogens is 1. The van der Waals surface area contributed by atoms with Crippen molar-refractivity contribution >= 4 is 44.6 Å². The van der Waals surface area contributed by atoms with Gasteiger partial charge in [-0.1, -0.05) is 29.8 Å². The second-order valence-corrected chi connectivity index (χ2v) is 5.34. The molecule has 3 nitrogen and oxygen atoms in total. The van der Waals surface area contributed by atoms with Crippen LogP contribution in [0.1, 0.15) is 5.56 Å². The number of halogens is 1. The fraction of sp³-hybridized carbons (Fsp3) is 0.0625. The molecule has 0 aliphatic heterocycles. The molecule has 1 N–H and O–H groups in total. The summed E-state index contributed by atoms with van der Waals surface area (Å²) in [6.07, 6.45) is 0. The van der Waals surface area contributed by atoms with Crippen LogP contribution in [-0.2, 0) is 0 Å². The van der Waals surface area contributed by atoms with Crippen molar-refractivity contribution in [1.29, 1.82) is 0 Å². The lowest BCUT2D eigenvalue weighted by Gasteiger charge is -2.00. The van der Waals surface area contributed by atoms with Gasteiger partial charge in [0.05, 0.1) is 16.3 Å². The first-order valence-electron chi connectivity index (χ1n) is 6.28.